The number of nitrogens with zero attached hydrogens (tertiary/aromatic N) is 3. The van der Waals surface area contributed by atoms with Crippen LogP contribution in [0.1, 0.15) is 68.9 Å². The van der Waals surface area contributed by atoms with Gasteiger partial charge >= 0.3 is 5.96 Å². The normalized spacial score (nSPS) is 29.8. The molecule has 4 heterocycles. The van der Waals surface area contributed by atoms with Gasteiger partial charge in [-0.1, -0.05) is 26.7 Å². The number of quaternary nitrogens is 1. The van der Waals surface area contributed by atoms with Crippen molar-refractivity contribution in [3.05, 3.63) is 53.6 Å². The number of anilines is 1. The molecule has 3 aliphatic heterocycles. The molecule has 2 saturated heterocycles. The number of halogens is 1. The largest absolute Gasteiger partial charge is 0.495 e. The Morgan fingerprint density at radius 2 is 2.07 bits per heavy atom. The van der Waals surface area contributed by atoms with Crippen LogP contribution in [0.4, 0.5) is 10.1 Å². The highest BCUT2D eigenvalue weighted by molar-refractivity contribution is 8.23. The average molecular weight is 617 g/mol. The highest BCUT2D eigenvalue weighted by atomic mass is 32.3. The van der Waals surface area contributed by atoms with E-state index in [1.54, 1.807) is 18.2 Å². The molecule has 4 unspecified atom stereocenters. The van der Waals surface area contributed by atoms with E-state index in [-0.39, 0.29) is 27.0 Å². The van der Waals surface area contributed by atoms with Gasteiger partial charge in [-0.05, 0) is 68.4 Å². The van der Waals surface area contributed by atoms with Crippen molar-refractivity contribution in [3.8, 4) is 5.75 Å². The summed E-state index contributed by atoms with van der Waals surface area (Å²) in [5.74, 6) is 1.54. The molecule has 3 aliphatic rings. The van der Waals surface area contributed by atoms with Gasteiger partial charge in [-0.2, -0.15) is 0 Å². The number of rotatable bonds is 11. The standard InChI is InChI=1S/C32H46FN5O4S/c1-7-14-32-21-43(32,40,20-22(8-2)16-23-13-15-42-19-23)38(4,5)30(34)37-31(32,3)26-17-24(9-11-27(26)33)36-29(39)28-12-10-25(41-6)18-35-28/h9-12,17-18,22-23H,7-8,13-16,19-21H2,1-6H3,(H2-,34,36,37,39)/p+1. The number of pyridine rings is 1. The average Bonchev–Trinajstić information content (AvgIpc) is 3.26. The van der Waals surface area contributed by atoms with Gasteiger partial charge in [0, 0.05) is 39.5 Å². The zero-order valence-corrected chi connectivity index (χ0v) is 27.1. The number of hydrogen-bond donors (Lipinski definition) is 2. The number of nitrogens with one attached hydrogen (secondary N) is 1. The van der Waals surface area contributed by atoms with E-state index in [9.17, 15) is 4.79 Å². The fourth-order valence-corrected chi connectivity index (χ4v) is 15.3. The second-order valence-corrected chi connectivity index (χ2v) is 17.9. The summed E-state index contributed by atoms with van der Waals surface area (Å²) in [7, 11) is 1.77. The molecule has 9 nitrogen and oxygen atoms in total. The summed E-state index contributed by atoms with van der Waals surface area (Å²) in [4.78, 5) is 22.2. The fraction of sp³-hybridized carbons (Fsp3) is 0.594. The third kappa shape index (κ3) is 4.61. The van der Waals surface area contributed by atoms with Crippen molar-refractivity contribution in [2.24, 2.45) is 22.6 Å². The first-order chi connectivity index (χ1) is 20.3. The molecule has 4 atom stereocenters. The maximum atomic E-state index is 16.2. The SMILES string of the molecule is CCCC12CS1(=O)(CC(CC)CC1CCOC1)[N+](C)(C)C(N)=NC2(C)c1cc(NC(=O)c2ccc(OC)cn2)ccc1F. The number of hydrogen-bond acceptors (Lipinski definition) is 7. The van der Waals surface area contributed by atoms with Crippen LogP contribution in [-0.4, -0.2) is 75.6 Å². The van der Waals surface area contributed by atoms with Crippen LogP contribution in [0.3, 0.4) is 0 Å². The Morgan fingerprint density at radius 1 is 1.30 bits per heavy atom. The van der Waals surface area contributed by atoms with E-state index in [0.717, 1.165) is 38.9 Å². The Morgan fingerprint density at radius 3 is 2.67 bits per heavy atom. The number of methoxy groups -OCH3 is 1. The lowest BCUT2D eigenvalue weighted by molar-refractivity contribution is -0.666. The van der Waals surface area contributed by atoms with Crippen molar-refractivity contribution < 1.29 is 26.8 Å². The Bertz CT molecular complexity index is 1490. The second-order valence-electron chi connectivity index (χ2n) is 13.2. The Labute approximate surface area is 254 Å². The van der Waals surface area contributed by atoms with E-state index in [0.29, 0.717) is 35.3 Å². The summed E-state index contributed by atoms with van der Waals surface area (Å²) in [5, 5.41) is 2.85. The van der Waals surface area contributed by atoms with Crippen molar-refractivity contribution in [1.82, 2.24) is 4.98 Å². The van der Waals surface area contributed by atoms with Gasteiger partial charge in [-0.25, -0.2) is 22.5 Å². The predicted octanol–water partition coefficient (Wildman–Crippen LogP) is 4.84. The number of ether oxygens (including phenoxy) is 2. The number of fused-ring (bicyclic) bond motifs is 1. The van der Waals surface area contributed by atoms with Crippen molar-refractivity contribution in [2.45, 2.75) is 63.2 Å². The summed E-state index contributed by atoms with van der Waals surface area (Å²) in [6.07, 6.45) is 5.74. The first kappa shape index (κ1) is 31.5. The second kappa shape index (κ2) is 10.9. The van der Waals surface area contributed by atoms with Gasteiger partial charge in [-0.15, -0.1) is 0 Å². The summed E-state index contributed by atoms with van der Waals surface area (Å²) >= 11 is 0. The molecule has 1 aromatic heterocycles. The van der Waals surface area contributed by atoms with Gasteiger partial charge in [0.2, 0.25) is 0 Å². The molecule has 0 aliphatic carbocycles. The number of aliphatic imine (C=N–C) groups is 1. The van der Waals surface area contributed by atoms with E-state index in [1.165, 1.54) is 25.4 Å². The van der Waals surface area contributed by atoms with E-state index in [2.05, 4.69) is 24.1 Å². The lowest BCUT2D eigenvalue weighted by Gasteiger charge is -2.54. The lowest BCUT2D eigenvalue weighted by Crippen LogP contribution is -2.70. The zero-order chi connectivity index (χ0) is 31.3. The molecule has 2 fully saturated rings. The molecule has 1 amide bonds. The molecular formula is C32H47FN5O4S+. The zero-order valence-electron chi connectivity index (χ0n) is 26.3. The lowest BCUT2D eigenvalue weighted by atomic mass is 9.78. The minimum atomic E-state index is -3.60. The Kier molecular flexibility index (Phi) is 8.01. The molecule has 0 bridgehead atoms. The molecule has 43 heavy (non-hydrogen) atoms. The molecular weight excluding hydrogens is 569 g/mol. The van der Waals surface area contributed by atoms with Crippen LogP contribution in [-0.2, 0) is 19.5 Å². The third-order valence-electron chi connectivity index (χ3n) is 10.6. The van der Waals surface area contributed by atoms with Crippen LogP contribution in [0.25, 0.3) is 0 Å². The van der Waals surface area contributed by atoms with Gasteiger partial charge < -0.3 is 20.5 Å². The summed E-state index contributed by atoms with van der Waals surface area (Å²) in [5.41, 5.74) is 6.43. The number of amides is 1. The van der Waals surface area contributed by atoms with Crippen LogP contribution >= 0.6 is 0 Å². The predicted molar refractivity (Wildman–Crippen MR) is 169 cm³/mol. The first-order valence-electron chi connectivity index (χ1n) is 15.3. The molecule has 0 spiro atoms. The number of aromatic nitrogens is 1. The van der Waals surface area contributed by atoms with Crippen LogP contribution in [0.15, 0.2) is 41.5 Å². The van der Waals surface area contributed by atoms with E-state index in [1.807, 2.05) is 21.0 Å². The smallest absolute Gasteiger partial charge is 0.307 e. The van der Waals surface area contributed by atoms with E-state index in [4.69, 9.17) is 20.2 Å². The molecule has 3 N–H and O–H groups in total. The number of carbonyl (C=O) groups excluding carboxylic acids is 1. The van der Waals surface area contributed by atoms with Crippen LogP contribution < -0.4 is 15.8 Å². The van der Waals surface area contributed by atoms with Gasteiger partial charge in [0.15, 0.2) is 0 Å². The summed E-state index contributed by atoms with van der Waals surface area (Å²) in [6, 6.07) is 7.70. The quantitative estimate of drug-likeness (QED) is 0.276. The van der Waals surface area contributed by atoms with Crippen molar-refractivity contribution in [1.29, 1.82) is 0 Å². The molecule has 0 radical (unpaired) electrons. The molecule has 1 aromatic carbocycles. The molecule has 0 saturated carbocycles. The molecule has 5 rings (SSSR count). The highest BCUT2D eigenvalue weighted by Gasteiger charge is 2.89. The molecule has 236 valence electrons. The van der Waals surface area contributed by atoms with Crippen LogP contribution in [0, 0.1) is 17.7 Å². The van der Waals surface area contributed by atoms with Crippen molar-refractivity contribution in [3.63, 3.8) is 0 Å². The minimum absolute atomic E-state index is 0.0334. The van der Waals surface area contributed by atoms with Crippen molar-refractivity contribution >= 4 is 26.8 Å². The molecule has 2 aromatic rings. The summed E-state index contributed by atoms with van der Waals surface area (Å²) in [6.45, 7) is 7.65. The van der Waals surface area contributed by atoms with E-state index >= 15 is 8.60 Å². The monoisotopic (exact) mass is 616 g/mol. The number of carbonyl (C=O) groups is 1. The van der Waals surface area contributed by atoms with Gasteiger partial charge in [0.25, 0.3) is 5.91 Å². The number of nitrogens with two attached hydrogens (primary N) is 1. The summed E-state index contributed by atoms with van der Waals surface area (Å²) < 4.78 is 42.2. The first-order valence-corrected chi connectivity index (χ1v) is 17.6. The minimum Gasteiger partial charge on any atom is -0.495 e. The van der Waals surface area contributed by atoms with Gasteiger partial charge in [0.05, 0.1) is 33.2 Å². The van der Waals surface area contributed by atoms with Gasteiger partial charge in [-0.3, -0.25) is 4.79 Å². The topological polar surface area (TPSA) is 116 Å². The molecule has 11 heteroatoms. The maximum absolute atomic E-state index is 16.2. The van der Waals surface area contributed by atoms with Crippen molar-refractivity contribution in [2.75, 3.05) is 51.2 Å². The Hall–Kier alpha value is -2.89. The highest BCUT2D eigenvalue weighted by Crippen LogP contribution is 2.74. The maximum Gasteiger partial charge on any atom is 0.307 e. The Balaban J connectivity index is 1.56. The van der Waals surface area contributed by atoms with Gasteiger partial charge in [0.1, 0.15) is 27.5 Å². The number of guanidine groups is 1. The third-order valence-corrected chi connectivity index (χ3v) is 17.3. The van der Waals surface area contributed by atoms with Crippen LogP contribution in [0.2, 0.25) is 0 Å². The fourth-order valence-electron chi connectivity index (χ4n) is 7.86. The number of benzene rings is 1. The van der Waals surface area contributed by atoms with E-state index < -0.39 is 31.3 Å². The van der Waals surface area contributed by atoms with Crippen LogP contribution in [0.5, 0.6) is 5.75 Å².